The molecule has 27 heavy (non-hydrogen) atoms. The molecule has 12 heteroatoms. The first-order valence-corrected chi connectivity index (χ1v) is 9.54. The number of phenolic OH excluding ortho intramolecular Hbond substituents is 1. The Morgan fingerprint density at radius 1 is 1.33 bits per heavy atom. The third-order valence-corrected chi connectivity index (χ3v) is 5.88. The molecule has 2 aromatic rings. The Morgan fingerprint density at radius 2 is 2.11 bits per heavy atom. The van der Waals surface area contributed by atoms with Crippen LogP contribution in [-0.2, 0) is 15.0 Å². The van der Waals surface area contributed by atoms with Crippen LogP contribution in [0.1, 0.15) is 6.42 Å². The second-order valence-electron chi connectivity index (χ2n) is 6.36. The number of hydrogen-bond acceptors (Lipinski definition) is 7. The molecule has 0 spiro atoms. The number of carbonyl (C=O) groups excluding carboxylic acids is 1. The number of H-pyrrole nitrogens is 1. The molecule has 4 rings (SSSR count). The predicted octanol–water partition coefficient (Wildman–Crippen LogP) is -0.327. The number of anilines is 2. The molecule has 0 aliphatic carbocycles. The molecule has 10 nitrogen and oxygen atoms in total. The molecule has 0 bridgehead atoms. The Bertz CT molecular complexity index is 1020. The van der Waals surface area contributed by atoms with Gasteiger partial charge in [0.15, 0.2) is 11.6 Å². The van der Waals surface area contributed by atoms with Gasteiger partial charge in [-0.3, -0.25) is 9.89 Å². The van der Waals surface area contributed by atoms with E-state index in [2.05, 4.69) is 10.2 Å². The number of β-amino-alcohol motifs (C(OH)–C–C–N with tert-alkyl or cyclic N) is 1. The molecule has 2 saturated heterocycles. The third-order valence-electron chi connectivity index (χ3n) is 4.51. The van der Waals surface area contributed by atoms with Crippen molar-refractivity contribution < 1.29 is 27.8 Å². The Hall–Kier alpha value is -2.86. The fourth-order valence-corrected chi connectivity index (χ4v) is 4.37. The number of amides is 1. The quantitative estimate of drug-likeness (QED) is 0.556. The maximum Gasteiger partial charge on any atom is 0.326 e. The summed E-state index contributed by atoms with van der Waals surface area (Å²) in [6, 6.07) is 3.99. The van der Waals surface area contributed by atoms with Crippen molar-refractivity contribution in [2.75, 3.05) is 28.8 Å². The van der Waals surface area contributed by atoms with Crippen molar-refractivity contribution in [3.63, 3.8) is 0 Å². The van der Waals surface area contributed by atoms with Gasteiger partial charge in [-0.1, -0.05) is 0 Å². The summed E-state index contributed by atoms with van der Waals surface area (Å²) in [6.45, 7) is 0.387. The van der Waals surface area contributed by atoms with Gasteiger partial charge in [-0.15, -0.1) is 0 Å². The van der Waals surface area contributed by atoms with Gasteiger partial charge < -0.3 is 15.1 Å². The first-order chi connectivity index (χ1) is 12.8. The summed E-state index contributed by atoms with van der Waals surface area (Å²) in [4.78, 5) is 13.2. The molecule has 1 aromatic heterocycles. The molecule has 2 fully saturated rings. The molecule has 1 aromatic carbocycles. The van der Waals surface area contributed by atoms with E-state index in [1.54, 1.807) is 10.8 Å². The average Bonchev–Trinajstić information content (AvgIpc) is 3.27. The Balaban J connectivity index is 1.73. The van der Waals surface area contributed by atoms with E-state index in [0.29, 0.717) is 29.6 Å². The lowest BCUT2D eigenvalue weighted by molar-refractivity contribution is -0.117. The number of aromatic hydroxyl groups is 1. The highest BCUT2D eigenvalue weighted by atomic mass is 32.2. The van der Waals surface area contributed by atoms with Crippen LogP contribution in [0.25, 0.3) is 11.3 Å². The molecule has 2 aliphatic heterocycles. The van der Waals surface area contributed by atoms with Crippen molar-refractivity contribution in [2.24, 2.45) is 0 Å². The number of nitrogens with zero attached hydrogens (tertiary/aromatic N) is 3. The number of aromatic amines is 1. The summed E-state index contributed by atoms with van der Waals surface area (Å²) in [5.74, 6) is -1.93. The number of halogens is 1. The molecule has 144 valence electrons. The van der Waals surface area contributed by atoms with Crippen molar-refractivity contribution in [2.45, 2.75) is 12.5 Å². The Labute approximate surface area is 153 Å². The summed E-state index contributed by atoms with van der Waals surface area (Å²) in [6.07, 6.45) is 0.154. The van der Waals surface area contributed by atoms with Gasteiger partial charge in [-0.05, 0) is 18.6 Å². The summed E-state index contributed by atoms with van der Waals surface area (Å²) >= 11 is 0. The molecule has 0 radical (unpaired) electrons. The first kappa shape index (κ1) is 17.5. The van der Waals surface area contributed by atoms with Crippen LogP contribution in [0, 0.1) is 5.82 Å². The lowest BCUT2D eigenvalue weighted by Crippen LogP contribution is -2.30. The fraction of sp³-hybridized carbons (Fsp3) is 0.333. The third kappa shape index (κ3) is 2.96. The average molecular weight is 397 g/mol. The smallest absolute Gasteiger partial charge is 0.326 e. The van der Waals surface area contributed by atoms with E-state index in [4.69, 9.17) is 0 Å². The number of aliphatic hydroxyl groups excluding tert-OH is 1. The molecule has 1 unspecified atom stereocenters. The van der Waals surface area contributed by atoms with Crippen molar-refractivity contribution in [1.82, 2.24) is 14.9 Å². The Kier molecular flexibility index (Phi) is 3.96. The van der Waals surface area contributed by atoms with Gasteiger partial charge in [-0.2, -0.15) is 13.5 Å². The van der Waals surface area contributed by atoms with Crippen LogP contribution in [0.3, 0.4) is 0 Å². The number of rotatable bonds is 3. The van der Waals surface area contributed by atoms with Crippen LogP contribution in [0.5, 0.6) is 5.75 Å². The molecular formula is C15H16FN5O5S. The van der Waals surface area contributed by atoms with Crippen molar-refractivity contribution in [3.8, 4) is 17.0 Å². The van der Waals surface area contributed by atoms with Crippen LogP contribution in [0.4, 0.5) is 15.9 Å². The minimum Gasteiger partial charge on any atom is -0.506 e. The highest BCUT2D eigenvalue weighted by Crippen LogP contribution is 2.38. The van der Waals surface area contributed by atoms with Crippen LogP contribution in [-0.4, -0.2) is 60.5 Å². The summed E-state index contributed by atoms with van der Waals surface area (Å²) in [5.41, 5.74) is -0.365. The van der Waals surface area contributed by atoms with Crippen LogP contribution >= 0.6 is 0 Å². The second-order valence-corrected chi connectivity index (χ2v) is 7.96. The fourth-order valence-electron chi connectivity index (χ4n) is 3.21. The number of nitrogens with one attached hydrogen (secondary N) is 2. The number of hydrogen-bond donors (Lipinski definition) is 4. The van der Waals surface area contributed by atoms with E-state index < -0.39 is 46.0 Å². The monoisotopic (exact) mass is 397 g/mol. The number of aromatic nitrogens is 2. The van der Waals surface area contributed by atoms with Gasteiger partial charge in [0.25, 0.3) is 5.91 Å². The number of carbonyl (C=O) groups is 1. The van der Waals surface area contributed by atoms with E-state index in [1.165, 1.54) is 6.07 Å². The van der Waals surface area contributed by atoms with E-state index >= 15 is 4.39 Å². The van der Waals surface area contributed by atoms with Gasteiger partial charge in [0, 0.05) is 24.7 Å². The van der Waals surface area contributed by atoms with E-state index in [1.807, 2.05) is 4.90 Å². The maximum absolute atomic E-state index is 15.1. The van der Waals surface area contributed by atoms with Gasteiger partial charge in [-0.25, -0.2) is 13.4 Å². The molecule has 1 atom stereocenters. The van der Waals surface area contributed by atoms with Crippen molar-refractivity contribution >= 4 is 27.6 Å². The van der Waals surface area contributed by atoms with Gasteiger partial charge in [0.2, 0.25) is 0 Å². The largest absolute Gasteiger partial charge is 0.506 e. The topological polar surface area (TPSA) is 139 Å². The van der Waals surface area contributed by atoms with E-state index in [0.717, 1.165) is 6.07 Å². The zero-order valence-electron chi connectivity index (χ0n) is 13.9. The van der Waals surface area contributed by atoms with Crippen molar-refractivity contribution in [1.29, 1.82) is 0 Å². The van der Waals surface area contributed by atoms with Gasteiger partial charge in [0.1, 0.15) is 18.0 Å². The summed E-state index contributed by atoms with van der Waals surface area (Å²) < 4.78 is 41.3. The van der Waals surface area contributed by atoms with Crippen LogP contribution < -0.4 is 13.9 Å². The normalized spacial score (nSPS) is 21.7. The first-order valence-electron chi connectivity index (χ1n) is 8.10. The number of phenols is 1. The molecule has 1 amide bonds. The molecule has 0 saturated carbocycles. The minimum atomic E-state index is -4.28. The molecular weight excluding hydrogens is 381 g/mol. The van der Waals surface area contributed by atoms with Crippen LogP contribution in [0.2, 0.25) is 0 Å². The lowest BCUT2D eigenvalue weighted by Gasteiger charge is -2.18. The summed E-state index contributed by atoms with van der Waals surface area (Å²) in [5, 5.41) is 26.4. The molecule has 4 N–H and O–H groups in total. The lowest BCUT2D eigenvalue weighted by atomic mass is 10.1. The molecule has 2 aliphatic rings. The zero-order chi connectivity index (χ0) is 19.3. The van der Waals surface area contributed by atoms with Gasteiger partial charge >= 0.3 is 10.2 Å². The van der Waals surface area contributed by atoms with Crippen molar-refractivity contribution in [3.05, 3.63) is 24.0 Å². The minimum absolute atomic E-state index is 0.0177. The van der Waals surface area contributed by atoms with Gasteiger partial charge in [0.05, 0.1) is 11.8 Å². The Morgan fingerprint density at radius 3 is 2.74 bits per heavy atom. The zero-order valence-corrected chi connectivity index (χ0v) is 14.7. The van der Waals surface area contributed by atoms with Crippen LogP contribution in [0.15, 0.2) is 18.2 Å². The van der Waals surface area contributed by atoms with E-state index in [9.17, 15) is 23.4 Å². The standard InChI is InChI=1S/C15H16FN5O5S/c16-14-9(10-5-12(18-17-10)20-4-3-8(22)6-20)1-2-11(23)15(14)21-7-13(24)19-27(21,25)26/h1-2,5,8,22-23H,3-4,6-7H2,(H,17,18)(H,19,24). The second kappa shape index (κ2) is 6.09. The predicted molar refractivity (Wildman–Crippen MR) is 92.9 cm³/mol. The maximum atomic E-state index is 15.1. The molecule has 3 heterocycles. The van der Waals surface area contributed by atoms with E-state index in [-0.39, 0.29) is 11.3 Å². The summed E-state index contributed by atoms with van der Waals surface area (Å²) in [7, 11) is -4.28. The SMILES string of the molecule is O=C1CN(c2c(O)ccc(-c3cc(N4CCC(O)C4)n[nH]3)c2F)S(=O)(=O)N1. The highest BCUT2D eigenvalue weighted by molar-refractivity contribution is 7.92. The highest BCUT2D eigenvalue weighted by Gasteiger charge is 2.38. The number of benzene rings is 1. The number of aliphatic hydroxyl groups is 1.